The second-order valence-electron chi connectivity index (χ2n) is 4.90. The lowest BCUT2D eigenvalue weighted by Crippen LogP contribution is -2.46. The van der Waals surface area contributed by atoms with Gasteiger partial charge in [0.05, 0.1) is 0 Å². The van der Waals surface area contributed by atoms with Crippen molar-refractivity contribution < 1.29 is 0 Å². The topological polar surface area (TPSA) is 41.6 Å². The van der Waals surface area contributed by atoms with Gasteiger partial charge in [-0.25, -0.2) is 0 Å². The van der Waals surface area contributed by atoms with E-state index >= 15 is 0 Å². The van der Waals surface area contributed by atoms with Gasteiger partial charge >= 0.3 is 0 Å². The van der Waals surface area contributed by atoms with Crippen molar-refractivity contribution in [1.82, 2.24) is 4.90 Å². The van der Waals surface area contributed by atoms with Crippen molar-refractivity contribution in [3.63, 3.8) is 0 Å². The predicted octanol–water partition coefficient (Wildman–Crippen LogP) is 1.83. The summed E-state index contributed by atoms with van der Waals surface area (Å²) in [6, 6.07) is 0. The van der Waals surface area contributed by atoms with Gasteiger partial charge in [0.15, 0.2) is 5.96 Å². The predicted molar refractivity (Wildman–Crippen MR) is 63.8 cm³/mol. The molecule has 3 nitrogen and oxygen atoms in total. The Kier molecular flexibility index (Phi) is 3.49. The number of hydrogen-bond acceptors (Lipinski definition) is 1. The lowest BCUT2D eigenvalue weighted by Gasteiger charge is -2.32. The molecule has 0 aromatic rings. The lowest BCUT2D eigenvalue weighted by atomic mass is 9.94. The summed E-state index contributed by atoms with van der Waals surface area (Å²) >= 11 is 0. The zero-order valence-electron chi connectivity index (χ0n) is 9.78. The number of nitrogens with two attached hydrogens (primary N) is 1. The number of nitrogens with zero attached hydrogens (tertiary/aromatic N) is 2. The van der Waals surface area contributed by atoms with Crippen molar-refractivity contribution in [2.24, 2.45) is 22.6 Å². The fourth-order valence-corrected chi connectivity index (χ4v) is 2.75. The third kappa shape index (κ3) is 2.44. The third-order valence-electron chi connectivity index (χ3n) is 4.01. The Morgan fingerprint density at radius 3 is 2.60 bits per heavy atom. The van der Waals surface area contributed by atoms with Gasteiger partial charge in [-0.05, 0) is 24.7 Å². The molecule has 2 rings (SSSR count). The first-order valence-electron chi connectivity index (χ1n) is 6.36. The van der Waals surface area contributed by atoms with Crippen LogP contribution < -0.4 is 5.73 Å². The summed E-state index contributed by atoms with van der Waals surface area (Å²) < 4.78 is 0. The van der Waals surface area contributed by atoms with Gasteiger partial charge in [-0.15, -0.1) is 0 Å². The highest BCUT2D eigenvalue weighted by Crippen LogP contribution is 2.33. The monoisotopic (exact) mass is 209 g/mol. The van der Waals surface area contributed by atoms with Crippen molar-refractivity contribution in [3.8, 4) is 0 Å². The minimum atomic E-state index is 0.781. The quantitative estimate of drug-likeness (QED) is 0.569. The van der Waals surface area contributed by atoms with Crippen LogP contribution in [0.3, 0.4) is 0 Å². The van der Waals surface area contributed by atoms with Crippen LogP contribution in [0.4, 0.5) is 0 Å². The standard InChI is InChI=1S/C12H23N3/c1-2-10-5-3-6-11(10)9-14-12(13)15-7-4-8-15/h10-11H,2-9H2,1H3,(H2,13,14). The molecule has 0 aromatic carbocycles. The Morgan fingerprint density at radius 2 is 2.00 bits per heavy atom. The van der Waals surface area contributed by atoms with Gasteiger partial charge in [-0.2, -0.15) is 0 Å². The molecule has 1 aliphatic heterocycles. The van der Waals surface area contributed by atoms with E-state index in [1.807, 2.05) is 0 Å². The maximum absolute atomic E-state index is 5.92. The molecule has 2 N–H and O–H groups in total. The van der Waals surface area contributed by atoms with Crippen molar-refractivity contribution >= 4 is 5.96 Å². The second kappa shape index (κ2) is 4.86. The second-order valence-corrected chi connectivity index (χ2v) is 4.90. The number of rotatable bonds is 3. The van der Waals surface area contributed by atoms with E-state index in [1.165, 1.54) is 32.1 Å². The van der Waals surface area contributed by atoms with E-state index in [0.29, 0.717) is 0 Å². The summed E-state index contributed by atoms with van der Waals surface area (Å²) in [4.78, 5) is 6.72. The van der Waals surface area contributed by atoms with Gasteiger partial charge in [0, 0.05) is 19.6 Å². The van der Waals surface area contributed by atoms with Crippen LogP contribution in [0, 0.1) is 11.8 Å². The highest BCUT2D eigenvalue weighted by atomic mass is 15.3. The summed E-state index contributed by atoms with van der Waals surface area (Å²) in [6.07, 6.45) is 6.74. The van der Waals surface area contributed by atoms with Gasteiger partial charge in [0.25, 0.3) is 0 Å². The van der Waals surface area contributed by atoms with Crippen LogP contribution in [0.1, 0.15) is 39.0 Å². The molecule has 1 saturated carbocycles. The van der Waals surface area contributed by atoms with Crippen LogP contribution in [0.5, 0.6) is 0 Å². The average molecular weight is 209 g/mol. The lowest BCUT2D eigenvalue weighted by molar-refractivity contribution is 0.293. The Morgan fingerprint density at radius 1 is 1.27 bits per heavy atom. The van der Waals surface area contributed by atoms with E-state index in [2.05, 4.69) is 16.8 Å². The van der Waals surface area contributed by atoms with Crippen molar-refractivity contribution in [3.05, 3.63) is 0 Å². The van der Waals surface area contributed by atoms with Crippen LogP contribution in [0.2, 0.25) is 0 Å². The van der Waals surface area contributed by atoms with Crippen molar-refractivity contribution in [1.29, 1.82) is 0 Å². The molecular formula is C12H23N3. The maximum atomic E-state index is 5.92. The van der Waals surface area contributed by atoms with E-state index < -0.39 is 0 Å². The fourth-order valence-electron chi connectivity index (χ4n) is 2.75. The molecule has 0 aromatic heterocycles. The van der Waals surface area contributed by atoms with E-state index in [9.17, 15) is 0 Å². The summed E-state index contributed by atoms with van der Waals surface area (Å²) in [5, 5.41) is 0. The molecule has 86 valence electrons. The summed E-state index contributed by atoms with van der Waals surface area (Å²) in [6.45, 7) is 5.47. The van der Waals surface area contributed by atoms with Crippen LogP contribution >= 0.6 is 0 Å². The molecule has 1 heterocycles. The molecule has 0 amide bonds. The number of hydrogen-bond donors (Lipinski definition) is 1. The van der Waals surface area contributed by atoms with Crippen LogP contribution in [-0.4, -0.2) is 30.5 Å². The maximum Gasteiger partial charge on any atom is 0.191 e. The van der Waals surface area contributed by atoms with E-state index in [0.717, 1.165) is 37.4 Å². The normalized spacial score (nSPS) is 31.8. The van der Waals surface area contributed by atoms with Gasteiger partial charge in [-0.3, -0.25) is 4.99 Å². The first kappa shape index (κ1) is 10.8. The first-order valence-corrected chi connectivity index (χ1v) is 6.36. The van der Waals surface area contributed by atoms with E-state index in [-0.39, 0.29) is 0 Å². The molecule has 2 aliphatic rings. The van der Waals surface area contributed by atoms with Gasteiger partial charge in [0.1, 0.15) is 0 Å². The van der Waals surface area contributed by atoms with Crippen molar-refractivity contribution in [2.75, 3.05) is 19.6 Å². The molecule has 0 spiro atoms. The van der Waals surface area contributed by atoms with Gasteiger partial charge in [-0.1, -0.05) is 26.2 Å². The SMILES string of the molecule is CCC1CCCC1CN=C(N)N1CCC1. The summed E-state index contributed by atoms with van der Waals surface area (Å²) in [7, 11) is 0. The zero-order chi connectivity index (χ0) is 10.7. The highest BCUT2D eigenvalue weighted by molar-refractivity contribution is 5.78. The Hall–Kier alpha value is -0.730. The number of likely N-dealkylation sites (tertiary alicyclic amines) is 1. The minimum Gasteiger partial charge on any atom is -0.370 e. The van der Waals surface area contributed by atoms with Crippen molar-refractivity contribution in [2.45, 2.75) is 39.0 Å². The number of aliphatic imine (C=N–C) groups is 1. The zero-order valence-corrected chi connectivity index (χ0v) is 9.78. The van der Waals surface area contributed by atoms with E-state index in [4.69, 9.17) is 5.73 Å². The Labute approximate surface area is 92.7 Å². The molecule has 2 fully saturated rings. The molecule has 15 heavy (non-hydrogen) atoms. The average Bonchev–Trinajstić information content (AvgIpc) is 2.58. The number of guanidine groups is 1. The molecule has 2 atom stereocenters. The highest BCUT2D eigenvalue weighted by Gasteiger charge is 2.25. The minimum absolute atomic E-state index is 0.781. The molecule has 3 heteroatoms. The smallest absolute Gasteiger partial charge is 0.191 e. The third-order valence-corrected chi connectivity index (χ3v) is 4.01. The van der Waals surface area contributed by atoms with Crippen LogP contribution in [-0.2, 0) is 0 Å². The fraction of sp³-hybridized carbons (Fsp3) is 0.917. The van der Waals surface area contributed by atoms with Crippen LogP contribution in [0.15, 0.2) is 4.99 Å². The largest absolute Gasteiger partial charge is 0.370 e. The van der Waals surface area contributed by atoms with Gasteiger partial charge in [0.2, 0.25) is 0 Å². The van der Waals surface area contributed by atoms with E-state index in [1.54, 1.807) is 0 Å². The molecular weight excluding hydrogens is 186 g/mol. The first-order chi connectivity index (χ1) is 7.31. The summed E-state index contributed by atoms with van der Waals surface area (Å²) in [5.74, 6) is 2.48. The molecule has 0 radical (unpaired) electrons. The summed E-state index contributed by atoms with van der Waals surface area (Å²) in [5.41, 5.74) is 5.92. The molecule has 0 bridgehead atoms. The Balaban J connectivity index is 1.80. The van der Waals surface area contributed by atoms with Crippen LogP contribution in [0.25, 0.3) is 0 Å². The Bertz CT molecular complexity index is 233. The molecule has 1 saturated heterocycles. The molecule has 1 aliphatic carbocycles. The van der Waals surface area contributed by atoms with Gasteiger partial charge < -0.3 is 10.6 Å². The molecule has 2 unspecified atom stereocenters.